The molecular formula is C13H16N4. The number of nitrogens with zero attached hydrogens (tertiary/aromatic N) is 3. The highest BCUT2D eigenvalue weighted by atomic mass is 15.0. The van der Waals surface area contributed by atoms with Crippen molar-refractivity contribution in [3.05, 3.63) is 47.7 Å². The van der Waals surface area contributed by atoms with Gasteiger partial charge in [-0.25, -0.2) is 9.97 Å². The number of anilines is 1. The predicted molar refractivity (Wildman–Crippen MR) is 68.0 cm³/mol. The van der Waals surface area contributed by atoms with Crippen molar-refractivity contribution in [3.63, 3.8) is 0 Å². The first-order chi connectivity index (χ1) is 8.28. The quantitative estimate of drug-likeness (QED) is 0.871. The average Bonchev–Trinajstić information content (AvgIpc) is 2.30. The minimum Gasteiger partial charge on any atom is -0.370 e. The van der Waals surface area contributed by atoms with Gasteiger partial charge in [0.1, 0.15) is 11.6 Å². The van der Waals surface area contributed by atoms with Gasteiger partial charge in [-0.15, -0.1) is 0 Å². The zero-order valence-electron chi connectivity index (χ0n) is 10.1. The van der Waals surface area contributed by atoms with Crippen LogP contribution in [0.4, 0.5) is 5.82 Å². The average molecular weight is 228 g/mol. The molecule has 0 atom stereocenters. The van der Waals surface area contributed by atoms with E-state index in [1.165, 1.54) is 0 Å². The van der Waals surface area contributed by atoms with Crippen LogP contribution in [0.3, 0.4) is 0 Å². The van der Waals surface area contributed by atoms with Crippen LogP contribution >= 0.6 is 0 Å². The molecule has 0 unspecified atom stereocenters. The Kier molecular flexibility index (Phi) is 3.65. The van der Waals surface area contributed by atoms with Crippen molar-refractivity contribution >= 4 is 5.82 Å². The molecule has 17 heavy (non-hydrogen) atoms. The lowest BCUT2D eigenvalue weighted by Gasteiger charge is -2.06. The molecule has 0 aromatic carbocycles. The van der Waals surface area contributed by atoms with Gasteiger partial charge < -0.3 is 5.32 Å². The third-order valence-corrected chi connectivity index (χ3v) is 2.36. The van der Waals surface area contributed by atoms with Crippen molar-refractivity contribution < 1.29 is 0 Å². The van der Waals surface area contributed by atoms with E-state index in [4.69, 9.17) is 0 Å². The van der Waals surface area contributed by atoms with Crippen LogP contribution in [0.1, 0.15) is 24.0 Å². The Morgan fingerprint density at radius 2 is 2.18 bits per heavy atom. The number of aromatic nitrogens is 3. The Morgan fingerprint density at radius 1 is 1.29 bits per heavy atom. The summed E-state index contributed by atoms with van der Waals surface area (Å²) in [5, 5.41) is 3.21. The lowest BCUT2D eigenvalue weighted by Crippen LogP contribution is -2.04. The Morgan fingerprint density at radius 3 is 2.88 bits per heavy atom. The largest absolute Gasteiger partial charge is 0.370 e. The van der Waals surface area contributed by atoms with Crippen LogP contribution in [0.2, 0.25) is 0 Å². The molecule has 2 aromatic heterocycles. The lowest BCUT2D eigenvalue weighted by atomic mass is 10.1. The summed E-state index contributed by atoms with van der Waals surface area (Å²) in [5.74, 6) is 1.68. The molecular weight excluding hydrogens is 212 g/mol. The number of hydrogen-bond donors (Lipinski definition) is 1. The number of rotatable bonds is 4. The van der Waals surface area contributed by atoms with Crippen LogP contribution in [-0.2, 0) is 6.42 Å². The lowest BCUT2D eigenvalue weighted by molar-refractivity contribution is 0.958. The Balaban J connectivity index is 2.21. The van der Waals surface area contributed by atoms with Crippen molar-refractivity contribution in [3.8, 4) is 0 Å². The van der Waals surface area contributed by atoms with E-state index < -0.39 is 0 Å². The van der Waals surface area contributed by atoms with Gasteiger partial charge in [0.25, 0.3) is 0 Å². The molecule has 0 fully saturated rings. The zero-order chi connectivity index (χ0) is 12.1. The van der Waals surface area contributed by atoms with Gasteiger partial charge >= 0.3 is 0 Å². The summed E-state index contributed by atoms with van der Waals surface area (Å²) in [6.45, 7) is 4.83. The second-order valence-corrected chi connectivity index (χ2v) is 3.86. The molecule has 88 valence electrons. The van der Waals surface area contributed by atoms with Crippen LogP contribution in [0, 0.1) is 6.92 Å². The molecule has 1 N–H and O–H groups in total. The summed E-state index contributed by atoms with van der Waals surface area (Å²) in [6.07, 6.45) is 4.43. The van der Waals surface area contributed by atoms with Crippen molar-refractivity contribution in [2.75, 3.05) is 11.9 Å². The van der Waals surface area contributed by atoms with Crippen molar-refractivity contribution in [1.29, 1.82) is 0 Å². The van der Waals surface area contributed by atoms with E-state index in [1.807, 2.05) is 25.3 Å². The molecule has 0 radical (unpaired) electrons. The van der Waals surface area contributed by atoms with E-state index >= 15 is 0 Å². The molecule has 2 aromatic rings. The summed E-state index contributed by atoms with van der Waals surface area (Å²) >= 11 is 0. The topological polar surface area (TPSA) is 50.7 Å². The van der Waals surface area contributed by atoms with Gasteiger partial charge in [-0.3, -0.25) is 4.98 Å². The van der Waals surface area contributed by atoms with Crippen LogP contribution in [0.15, 0.2) is 30.6 Å². The standard InChI is InChI=1S/C13H16N4/c1-3-15-13-8-12(16-10(2)17-13)7-11-5-4-6-14-9-11/h4-6,8-9H,3,7H2,1-2H3,(H,15,16,17). The molecule has 0 saturated heterocycles. The second kappa shape index (κ2) is 5.39. The maximum Gasteiger partial charge on any atom is 0.129 e. The number of hydrogen-bond acceptors (Lipinski definition) is 4. The van der Waals surface area contributed by atoms with Gasteiger partial charge in [-0.05, 0) is 25.5 Å². The van der Waals surface area contributed by atoms with E-state index in [0.717, 1.165) is 35.9 Å². The first-order valence-electron chi connectivity index (χ1n) is 5.75. The molecule has 0 aliphatic rings. The Labute approximate surface area is 101 Å². The van der Waals surface area contributed by atoms with Crippen LogP contribution in [-0.4, -0.2) is 21.5 Å². The number of aryl methyl sites for hydroxylation is 1. The maximum absolute atomic E-state index is 4.43. The molecule has 0 saturated carbocycles. The fourth-order valence-corrected chi connectivity index (χ4v) is 1.70. The first kappa shape index (κ1) is 11.5. The second-order valence-electron chi connectivity index (χ2n) is 3.86. The Hall–Kier alpha value is -1.97. The van der Waals surface area contributed by atoms with Gasteiger partial charge in [-0.2, -0.15) is 0 Å². The molecule has 4 heteroatoms. The maximum atomic E-state index is 4.43. The normalized spacial score (nSPS) is 10.2. The van der Waals surface area contributed by atoms with Crippen LogP contribution in [0.25, 0.3) is 0 Å². The van der Waals surface area contributed by atoms with Gasteiger partial charge in [0.2, 0.25) is 0 Å². The molecule has 0 aliphatic heterocycles. The predicted octanol–water partition coefficient (Wildman–Crippen LogP) is 2.20. The van der Waals surface area contributed by atoms with E-state index in [0.29, 0.717) is 0 Å². The van der Waals surface area contributed by atoms with Crippen molar-refractivity contribution in [2.24, 2.45) is 0 Å². The van der Waals surface area contributed by atoms with Crippen LogP contribution in [0.5, 0.6) is 0 Å². The summed E-state index contributed by atoms with van der Waals surface area (Å²) in [5.41, 5.74) is 2.18. The van der Waals surface area contributed by atoms with E-state index in [2.05, 4.69) is 33.3 Å². The third-order valence-electron chi connectivity index (χ3n) is 2.36. The van der Waals surface area contributed by atoms with Gasteiger partial charge in [0.15, 0.2) is 0 Å². The van der Waals surface area contributed by atoms with Gasteiger partial charge in [0, 0.05) is 31.4 Å². The molecule has 0 spiro atoms. The molecule has 2 heterocycles. The highest BCUT2D eigenvalue weighted by Crippen LogP contribution is 2.10. The van der Waals surface area contributed by atoms with E-state index in [-0.39, 0.29) is 0 Å². The molecule has 4 nitrogen and oxygen atoms in total. The first-order valence-corrected chi connectivity index (χ1v) is 5.75. The highest BCUT2D eigenvalue weighted by molar-refractivity contribution is 5.37. The van der Waals surface area contributed by atoms with E-state index in [1.54, 1.807) is 6.20 Å². The number of pyridine rings is 1. The third kappa shape index (κ3) is 3.24. The fourth-order valence-electron chi connectivity index (χ4n) is 1.70. The molecule has 0 bridgehead atoms. The SMILES string of the molecule is CCNc1cc(Cc2cccnc2)nc(C)n1. The number of nitrogens with one attached hydrogen (secondary N) is 1. The van der Waals surface area contributed by atoms with Crippen molar-refractivity contribution in [1.82, 2.24) is 15.0 Å². The summed E-state index contributed by atoms with van der Waals surface area (Å²) < 4.78 is 0. The molecule has 0 amide bonds. The Bertz CT molecular complexity index is 482. The van der Waals surface area contributed by atoms with Gasteiger partial charge in [0.05, 0.1) is 5.69 Å². The molecule has 2 rings (SSSR count). The zero-order valence-corrected chi connectivity index (χ0v) is 10.1. The highest BCUT2D eigenvalue weighted by Gasteiger charge is 2.02. The van der Waals surface area contributed by atoms with Crippen LogP contribution < -0.4 is 5.32 Å². The van der Waals surface area contributed by atoms with Crippen molar-refractivity contribution in [2.45, 2.75) is 20.3 Å². The van der Waals surface area contributed by atoms with E-state index in [9.17, 15) is 0 Å². The monoisotopic (exact) mass is 228 g/mol. The summed E-state index contributed by atoms with van der Waals surface area (Å²) in [4.78, 5) is 12.9. The van der Waals surface area contributed by atoms with Gasteiger partial charge in [-0.1, -0.05) is 6.07 Å². The smallest absolute Gasteiger partial charge is 0.129 e. The molecule has 0 aliphatic carbocycles. The summed E-state index contributed by atoms with van der Waals surface area (Å²) in [6, 6.07) is 5.98. The minimum atomic E-state index is 0.787. The minimum absolute atomic E-state index is 0.787. The summed E-state index contributed by atoms with van der Waals surface area (Å²) in [7, 11) is 0. The fraction of sp³-hybridized carbons (Fsp3) is 0.308.